The van der Waals surface area contributed by atoms with E-state index < -0.39 is 8.03 Å². The summed E-state index contributed by atoms with van der Waals surface area (Å²) >= 11 is 0. The molecule has 0 aromatic carbocycles. The summed E-state index contributed by atoms with van der Waals surface area (Å²) in [6, 6.07) is 0. The predicted molar refractivity (Wildman–Crippen MR) is 20.4 cm³/mol. The lowest BCUT2D eigenvalue weighted by molar-refractivity contribution is 0.504. The van der Waals surface area contributed by atoms with E-state index >= 15 is 0 Å². The second-order valence-electron chi connectivity index (χ2n) is 0.668. The Balaban J connectivity index is 2.85. The van der Waals surface area contributed by atoms with Gasteiger partial charge >= 0.3 is 0 Å². The molecule has 0 aliphatic heterocycles. The van der Waals surface area contributed by atoms with E-state index in [2.05, 4.69) is 0 Å². The van der Waals surface area contributed by atoms with Crippen LogP contribution in [-0.4, -0.2) is 11.1 Å². The summed E-state index contributed by atoms with van der Waals surface area (Å²) in [6.45, 7) is 1.67. The van der Waals surface area contributed by atoms with Gasteiger partial charge in [-0.25, -0.2) is 0 Å². The first-order valence-corrected chi connectivity index (χ1v) is 2.80. The van der Waals surface area contributed by atoms with Crippen molar-refractivity contribution in [1.82, 2.24) is 0 Å². The minimum absolute atomic E-state index is 0.370. The fourth-order valence-electron chi connectivity index (χ4n) is 0. The Morgan fingerprint density at radius 3 is 2.20 bits per heavy atom. The maximum atomic E-state index is 9.52. The van der Waals surface area contributed by atoms with Crippen molar-refractivity contribution in [2.75, 3.05) is 6.16 Å². The first-order valence-electron chi connectivity index (χ1n) is 1.41. The molecule has 0 saturated heterocycles. The average molecular weight is 93.0 g/mol. The van der Waals surface area contributed by atoms with Crippen molar-refractivity contribution in [2.45, 2.75) is 6.92 Å². The van der Waals surface area contributed by atoms with E-state index in [0.29, 0.717) is 6.16 Å². The molecule has 2 nitrogen and oxygen atoms in total. The largest absolute Gasteiger partial charge is 0.320 e. The normalized spacial score (nSPS) is 11.2. The van der Waals surface area contributed by atoms with Crippen molar-refractivity contribution in [3.8, 4) is 0 Å². The number of hydrogen-bond donors (Lipinski definition) is 1. The van der Waals surface area contributed by atoms with Gasteiger partial charge in [0.1, 0.15) is 0 Å². The van der Waals surface area contributed by atoms with Crippen molar-refractivity contribution in [1.29, 1.82) is 0 Å². The van der Waals surface area contributed by atoms with Crippen molar-refractivity contribution in [3.05, 3.63) is 0 Å². The molecule has 31 valence electrons. The highest BCUT2D eigenvalue weighted by Crippen LogP contribution is 2.08. The fraction of sp³-hybridized carbons (Fsp3) is 1.00. The van der Waals surface area contributed by atoms with Crippen LogP contribution < -0.4 is 0 Å². The molecule has 0 aliphatic carbocycles. The highest BCUT2D eigenvalue weighted by atomic mass is 31.1. The molecule has 0 rings (SSSR count). The molecule has 1 N–H and O–H groups in total. The second-order valence-corrected chi connectivity index (χ2v) is 2.01. The molecular weight excluding hydrogens is 87.0 g/mol. The molecule has 0 heterocycles. The van der Waals surface area contributed by atoms with E-state index in [4.69, 9.17) is 4.89 Å². The van der Waals surface area contributed by atoms with E-state index in [1.807, 2.05) is 0 Å². The smallest absolute Gasteiger partial charge is 0.209 e. The minimum Gasteiger partial charge on any atom is -0.320 e. The summed E-state index contributed by atoms with van der Waals surface area (Å²) < 4.78 is 9.52. The Hall–Kier alpha value is 0.0600. The van der Waals surface area contributed by atoms with Gasteiger partial charge in [0.2, 0.25) is 8.03 Å². The van der Waals surface area contributed by atoms with Gasteiger partial charge in [-0.1, -0.05) is 6.92 Å². The maximum Gasteiger partial charge on any atom is 0.209 e. The van der Waals surface area contributed by atoms with Crippen LogP contribution >= 0.6 is 8.03 Å². The zero-order valence-corrected chi connectivity index (χ0v) is 3.90. The predicted octanol–water partition coefficient (Wildman–Crippen LogP) is 0.741. The second kappa shape index (κ2) is 2.31. The number of rotatable bonds is 1. The molecule has 0 bridgehead atoms. The summed E-state index contributed by atoms with van der Waals surface area (Å²) in [4.78, 5) is 7.87. The van der Waals surface area contributed by atoms with Crippen LogP contribution in [-0.2, 0) is 4.57 Å². The standard InChI is InChI=1S/C2H6O2P/c1-2-5(3)4/h2H2,1H3,(H,3,4). The molecule has 0 saturated carbocycles. The Labute approximate surface area is 31.7 Å². The van der Waals surface area contributed by atoms with Gasteiger partial charge in [-0.05, 0) is 0 Å². The molecule has 1 unspecified atom stereocenters. The van der Waals surface area contributed by atoms with Crippen molar-refractivity contribution >= 4 is 8.03 Å². The third-order valence-corrected chi connectivity index (χ3v) is 0.812. The highest BCUT2D eigenvalue weighted by molar-refractivity contribution is 7.37. The quantitative estimate of drug-likeness (QED) is 0.485. The molecule has 3 heteroatoms. The molecule has 1 atom stereocenters. The summed E-state index contributed by atoms with van der Waals surface area (Å²) in [5.41, 5.74) is 0. The molecule has 0 amide bonds. The van der Waals surface area contributed by atoms with Crippen LogP contribution in [0.25, 0.3) is 0 Å². The Morgan fingerprint density at radius 1 is 2.00 bits per heavy atom. The molecule has 0 spiro atoms. The Morgan fingerprint density at radius 2 is 2.20 bits per heavy atom. The first kappa shape index (κ1) is 5.06. The van der Waals surface area contributed by atoms with E-state index in [1.165, 1.54) is 0 Å². The van der Waals surface area contributed by atoms with E-state index in [1.54, 1.807) is 6.92 Å². The topological polar surface area (TPSA) is 37.3 Å². The van der Waals surface area contributed by atoms with Gasteiger partial charge in [-0.3, -0.25) is 4.57 Å². The van der Waals surface area contributed by atoms with Gasteiger partial charge in [0.15, 0.2) is 0 Å². The van der Waals surface area contributed by atoms with Gasteiger partial charge in [-0.2, -0.15) is 0 Å². The maximum absolute atomic E-state index is 9.52. The third-order valence-electron chi connectivity index (χ3n) is 0.271. The van der Waals surface area contributed by atoms with Gasteiger partial charge in [0.25, 0.3) is 0 Å². The first-order chi connectivity index (χ1) is 2.27. The molecule has 5 heavy (non-hydrogen) atoms. The zero-order chi connectivity index (χ0) is 4.28. The lowest BCUT2D eigenvalue weighted by Gasteiger charge is -1.71. The summed E-state index contributed by atoms with van der Waals surface area (Å²) in [5, 5.41) is 0. The average Bonchev–Trinajstić information content (AvgIpc) is 1.38. The lowest BCUT2D eigenvalue weighted by Crippen LogP contribution is -1.56. The van der Waals surface area contributed by atoms with Crippen molar-refractivity contribution in [2.24, 2.45) is 0 Å². The summed E-state index contributed by atoms with van der Waals surface area (Å²) in [7, 11) is -1.85. The molecule has 0 fully saturated rings. The van der Waals surface area contributed by atoms with E-state index in [9.17, 15) is 4.57 Å². The van der Waals surface area contributed by atoms with Crippen LogP contribution in [0.3, 0.4) is 0 Å². The van der Waals surface area contributed by atoms with Gasteiger partial charge in [-0.15, -0.1) is 0 Å². The van der Waals surface area contributed by atoms with Crippen LogP contribution in [0.1, 0.15) is 6.92 Å². The molecule has 0 aromatic heterocycles. The van der Waals surface area contributed by atoms with Crippen LogP contribution in [0.4, 0.5) is 0 Å². The van der Waals surface area contributed by atoms with Crippen LogP contribution in [0, 0.1) is 0 Å². The lowest BCUT2D eigenvalue weighted by atomic mass is 11.0. The SMILES string of the molecule is CC[P](=O)O. The Kier molecular flexibility index (Phi) is 2.33. The highest BCUT2D eigenvalue weighted by Gasteiger charge is 1.78. The van der Waals surface area contributed by atoms with Crippen LogP contribution in [0.5, 0.6) is 0 Å². The van der Waals surface area contributed by atoms with E-state index in [-0.39, 0.29) is 0 Å². The van der Waals surface area contributed by atoms with Gasteiger partial charge < -0.3 is 4.89 Å². The monoisotopic (exact) mass is 93.0 g/mol. The fourth-order valence-corrected chi connectivity index (χ4v) is 0. The van der Waals surface area contributed by atoms with Crippen molar-refractivity contribution < 1.29 is 9.46 Å². The van der Waals surface area contributed by atoms with Crippen LogP contribution in [0.15, 0.2) is 0 Å². The molecular formula is C2H6O2P. The summed E-state index contributed by atoms with van der Waals surface area (Å²) in [5.74, 6) is 0. The molecule has 0 aliphatic rings. The molecule has 0 aromatic rings. The van der Waals surface area contributed by atoms with Gasteiger partial charge in [0.05, 0.1) is 0 Å². The van der Waals surface area contributed by atoms with Crippen molar-refractivity contribution in [3.63, 3.8) is 0 Å². The molecule has 1 radical (unpaired) electrons. The summed E-state index contributed by atoms with van der Waals surface area (Å²) in [6.07, 6.45) is 0.370. The van der Waals surface area contributed by atoms with E-state index in [0.717, 1.165) is 0 Å². The third kappa shape index (κ3) is 4.06. The number of hydrogen-bond acceptors (Lipinski definition) is 1. The minimum atomic E-state index is -1.85. The van der Waals surface area contributed by atoms with Gasteiger partial charge in [0, 0.05) is 6.16 Å². The Bertz CT molecular complexity index is 42.9. The zero-order valence-electron chi connectivity index (χ0n) is 3.01. The van der Waals surface area contributed by atoms with Crippen LogP contribution in [0.2, 0.25) is 0 Å².